The molecule has 44 heavy (non-hydrogen) atoms. The quantitative estimate of drug-likeness (QED) is 0.282. The topological polar surface area (TPSA) is 38.8 Å². The van der Waals surface area contributed by atoms with Gasteiger partial charge in [-0.15, -0.1) is 0 Å². The molecule has 0 aromatic heterocycles. The number of carbonyl (C=O) groups excluding carboxylic acids is 1. The molecule has 10 atom stereocenters. The number of methoxy groups -OCH3 is 1. The van der Waals surface area contributed by atoms with Crippen molar-refractivity contribution in [3.8, 4) is 0 Å². The molecule has 1 aliphatic heterocycles. The number of nitrogens with zero attached hydrogens (tertiary/aromatic N) is 1. The smallest absolute Gasteiger partial charge is 0.229 e. The molecule has 4 nitrogen and oxygen atoms in total. The maximum atomic E-state index is 15.0. The molecule has 1 heterocycles. The van der Waals surface area contributed by atoms with Gasteiger partial charge >= 0.3 is 0 Å². The number of rotatable bonds is 6. The predicted octanol–water partition coefficient (Wildman–Crippen LogP) is 9.16. The second-order valence-electron chi connectivity index (χ2n) is 19.3. The lowest BCUT2D eigenvalue weighted by Gasteiger charge is -2.73. The lowest BCUT2D eigenvalue weighted by molar-refractivity contribution is -0.244. The van der Waals surface area contributed by atoms with Crippen molar-refractivity contribution in [1.82, 2.24) is 4.90 Å². The number of ether oxygens (including phenoxy) is 2. The van der Waals surface area contributed by atoms with Crippen molar-refractivity contribution in [2.24, 2.45) is 68.0 Å². The summed E-state index contributed by atoms with van der Waals surface area (Å²) in [4.78, 5) is 17.3. The molecule has 7 rings (SSSR count). The molecule has 250 valence electrons. The number of hydrogen-bond acceptors (Lipinski definition) is 3. The number of piperidine rings is 1. The molecule has 0 unspecified atom stereocenters. The molecule has 0 radical (unpaired) electrons. The van der Waals surface area contributed by atoms with Crippen LogP contribution >= 0.6 is 0 Å². The summed E-state index contributed by atoms with van der Waals surface area (Å²) in [5, 5.41) is 0. The Labute approximate surface area is 270 Å². The number of likely N-dealkylation sites (tertiary alicyclic amines) is 1. The van der Waals surface area contributed by atoms with E-state index in [0.717, 1.165) is 62.4 Å². The normalized spacial score (nSPS) is 49.4. The molecular weight excluding hydrogens is 542 g/mol. The fraction of sp³-hybridized carbons (Fsp3) is 0.975. The first-order valence-electron chi connectivity index (χ1n) is 19.2. The van der Waals surface area contributed by atoms with Gasteiger partial charge in [0.25, 0.3) is 0 Å². The zero-order chi connectivity index (χ0) is 31.3. The van der Waals surface area contributed by atoms with Gasteiger partial charge in [-0.2, -0.15) is 0 Å². The molecule has 1 amide bonds. The average molecular weight is 610 g/mol. The largest absolute Gasteiger partial charge is 0.382 e. The highest BCUT2D eigenvalue weighted by atomic mass is 16.5. The molecule has 7 fully saturated rings. The van der Waals surface area contributed by atoms with Gasteiger partial charge in [0.15, 0.2) is 0 Å². The van der Waals surface area contributed by atoms with E-state index in [1.807, 2.05) is 0 Å². The van der Waals surface area contributed by atoms with Crippen LogP contribution in [0.15, 0.2) is 0 Å². The highest BCUT2D eigenvalue weighted by molar-refractivity contribution is 5.84. The summed E-state index contributed by atoms with van der Waals surface area (Å²) in [7, 11) is 1.74. The zero-order valence-corrected chi connectivity index (χ0v) is 29.9. The van der Waals surface area contributed by atoms with Crippen molar-refractivity contribution < 1.29 is 14.3 Å². The molecule has 1 saturated heterocycles. The number of carbonyl (C=O) groups is 1. The Morgan fingerprint density at radius 1 is 0.705 bits per heavy atom. The molecular formula is C40H67NO3. The van der Waals surface area contributed by atoms with E-state index in [4.69, 9.17) is 9.47 Å². The standard InChI is InChI=1S/C40H67NO3/c1-27-11-16-37(5)31(35(27,2)3)13-17-39(7)32(37)10-9-30-33-29(36(4)19-20-36)12-18-40(33,22-21-38(30,39)6)34(42)41-23-14-28(15-24-41)44-26-25-43-8/h27-33H,9-26H2,1-8H3/t27-,29+,30+,31-,32+,33+,37-,38+,39+,40-/m0/s1. The molecule has 7 aliphatic rings. The second kappa shape index (κ2) is 10.7. The van der Waals surface area contributed by atoms with Crippen LogP contribution in [-0.2, 0) is 14.3 Å². The van der Waals surface area contributed by atoms with Gasteiger partial charge in [-0.1, -0.05) is 48.5 Å². The van der Waals surface area contributed by atoms with E-state index in [2.05, 4.69) is 53.4 Å². The van der Waals surface area contributed by atoms with Crippen LogP contribution < -0.4 is 0 Å². The fourth-order valence-corrected chi connectivity index (χ4v) is 14.3. The van der Waals surface area contributed by atoms with Gasteiger partial charge in [-0.05, 0) is 152 Å². The Balaban J connectivity index is 1.18. The van der Waals surface area contributed by atoms with Crippen LogP contribution in [0.1, 0.15) is 138 Å². The van der Waals surface area contributed by atoms with Crippen molar-refractivity contribution in [3.05, 3.63) is 0 Å². The third kappa shape index (κ3) is 4.36. The van der Waals surface area contributed by atoms with E-state index < -0.39 is 0 Å². The molecule has 4 heteroatoms. The van der Waals surface area contributed by atoms with Crippen molar-refractivity contribution >= 4 is 5.91 Å². The number of amides is 1. The molecule has 0 spiro atoms. The van der Waals surface area contributed by atoms with Gasteiger partial charge in [0.05, 0.1) is 24.7 Å². The van der Waals surface area contributed by atoms with Crippen LogP contribution in [-0.4, -0.2) is 50.3 Å². The molecule has 0 bridgehead atoms. The summed E-state index contributed by atoms with van der Waals surface area (Å²) in [6.45, 7) is 21.7. The molecule has 0 aromatic rings. The minimum Gasteiger partial charge on any atom is -0.382 e. The van der Waals surface area contributed by atoms with Crippen LogP contribution in [0.25, 0.3) is 0 Å². The van der Waals surface area contributed by atoms with Crippen LogP contribution in [0.2, 0.25) is 0 Å². The van der Waals surface area contributed by atoms with Crippen molar-refractivity contribution in [3.63, 3.8) is 0 Å². The van der Waals surface area contributed by atoms with Gasteiger partial charge in [0, 0.05) is 20.2 Å². The van der Waals surface area contributed by atoms with Gasteiger partial charge in [-0.3, -0.25) is 4.79 Å². The van der Waals surface area contributed by atoms with Gasteiger partial charge < -0.3 is 14.4 Å². The summed E-state index contributed by atoms with van der Waals surface area (Å²) in [5.41, 5.74) is 2.02. The third-order valence-electron chi connectivity index (χ3n) is 17.7. The minimum absolute atomic E-state index is 0.114. The van der Waals surface area contributed by atoms with Gasteiger partial charge in [0.2, 0.25) is 5.91 Å². The Kier molecular flexibility index (Phi) is 7.77. The highest BCUT2D eigenvalue weighted by Crippen LogP contribution is 2.79. The maximum absolute atomic E-state index is 15.0. The van der Waals surface area contributed by atoms with Crippen molar-refractivity contribution in [1.29, 1.82) is 0 Å². The van der Waals surface area contributed by atoms with Crippen LogP contribution in [0, 0.1) is 68.0 Å². The Morgan fingerprint density at radius 2 is 1.43 bits per heavy atom. The third-order valence-corrected chi connectivity index (χ3v) is 17.7. The Morgan fingerprint density at radius 3 is 2.11 bits per heavy atom. The lowest BCUT2D eigenvalue weighted by atomic mass is 9.32. The molecule has 6 aliphatic carbocycles. The van der Waals surface area contributed by atoms with Gasteiger partial charge in [-0.25, -0.2) is 0 Å². The van der Waals surface area contributed by atoms with E-state index in [1.165, 1.54) is 64.2 Å². The Bertz CT molecular complexity index is 1110. The van der Waals surface area contributed by atoms with Crippen LogP contribution in [0.4, 0.5) is 0 Å². The highest BCUT2D eigenvalue weighted by Gasteiger charge is 2.73. The van der Waals surface area contributed by atoms with Crippen molar-refractivity contribution in [2.75, 3.05) is 33.4 Å². The maximum Gasteiger partial charge on any atom is 0.229 e. The summed E-state index contributed by atoms with van der Waals surface area (Å²) in [6.07, 6.45) is 18.3. The molecule has 0 N–H and O–H groups in total. The van der Waals surface area contributed by atoms with E-state index in [1.54, 1.807) is 7.11 Å². The molecule has 6 saturated carbocycles. The number of fused-ring (bicyclic) bond motifs is 7. The van der Waals surface area contributed by atoms with Crippen LogP contribution in [0.5, 0.6) is 0 Å². The van der Waals surface area contributed by atoms with E-state index in [9.17, 15) is 4.79 Å². The summed E-state index contributed by atoms with van der Waals surface area (Å²) < 4.78 is 11.3. The fourth-order valence-electron chi connectivity index (χ4n) is 14.3. The van der Waals surface area contributed by atoms with Crippen molar-refractivity contribution in [2.45, 2.75) is 144 Å². The lowest BCUT2D eigenvalue weighted by Crippen LogP contribution is -2.67. The summed E-state index contributed by atoms with van der Waals surface area (Å²) in [5.74, 6) is 5.11. The first-order chi connectivity index (χ1) is 20.8. The summed E-state index contributed by atoms with van der Waals surface area (Å²) in [6, 6.07) is 0. The zero-order valence-electron chi connectivity index (χ0n) is 29.9. The van der Waals surface area contributed by atoms with E-state index in [0.29, 0.717) is 58.0 Å². The average Bonchev–Trinajstić information content (AvgIpc) is 3.61. The van der Waals surface area contributed by atoms with E-state index in [-0.39, 0.29) is 11.5 Å². The summed E-state index contributed by atoms with van der Waals surface area (Å²) >= 11 is 0. The number of hydrogen-bond donors (Lipinski definition) is 0. The SMILES string of the molecule is COCCOC1CCN(C(=O)[C@]23CC[C@@H](C4(C)CC4)[C@@H]2[C@H]2CC[C@@H]4[C@@]5(C)CC[C@H](C)C(C)(C)[C@@H]5CC[C@@]4(C)[C@]2(C)CC3)CC1. The van der Waals surface area contributed by atoms with Crippen LogP contribution in [0.3, 0.4) is 0 Å². The first kappa shape index (κ1) is 32.0. The molecule has 0 aromatic carbocycles. The second-order valence-corrected chi connectivity index (χ2v) is 19.3. The Hall–Kier alpha value is -0.610. The predicted molar refractivity (Wildman–Crippen MR) is 178 cm³/mol. The van der Waals surface area contributed by atoms with E-state index >= 15 is 0 Å². The minimum atomic E-state index is -0.114. The first-order valence-corrected chi connectivity index (χ1v) is 19.2. The van der Waals surface area contributed by atoms with Gasteiger partial charge in [0.1, 0.15) is 0 Å². The monoisotopic (exact) mass is 610 g/mol.